The molecule has 118 valence electrons. The zero-order valence-corrected chi connectivity index (χ0v) is 13.8. The second-order valence-electron chi connectivity index (χ2n) is 6.20. The molecule has 0 saturated carbocycles. The van der Waals surface area contributed by atoms with Gasteiger partial charge in [-0.1, -0.05) is 18.2 Å². The number of para-hydroxylation sites is 1. The Hall–Kier alpha value is -2.30. The Morgan fingerprint density at radius 2 is 1.95 bits per heavy atom. The van der Waals surface area contributed by atoms with Crippen LogP contribution in [0, 0.1) is 0 Å². The van der Waals surface area contributed by atoms with Crippen LogP contribution in [-0.2, 0) is 6.54 Å². The standard InChI is InChI=1S/C17H25N5/c1-5-18-16(21-17(2,3)4)19-11-14-12-20-22(13-14)15-9-7-6-8-10-15/h6-10,12-13H,5,11H2,1-4H3,(H2,18,19,21). The van der Waals surface area contributed by atoms with Crippen LogP contribution in [0.15, 0.2) is 47.7 Å². The first-order valence-corrected chi connectivity index (χ1v) is 7.63. The molecule has 5 nitrogen and oxygen atoms in total. The molecule has 0 bridgehead atoms. The predicted octanol–water partition coefficient (Wildman–Crippen LogP) is 2.73. The Labute approximate surface area is 132 Å². The van der Waals surface area contributed by atoms with Crippen LogP contribution in [0.5, 0.6) is 0 Å². The lowest BCUT2D eigenvalue weighted by Gasteiger charge is -2.23. The van der Waals surface area contributed by atoms with E-state index in [0.29, 0.717) is 6.54 Å². The van der Waals surface area contributed by atoms with Crippen molar-refractivity contribution in [2.75, 3.05) is 6.54 Å². The summed E-state index contributed by atoms with van der Waals surface area (Å²) in [5, 5.41) is 11.0. The number of nitrogens with one attached hydrogen (secondary N) is 2. The third-order valence-electron chi connectivity index (χ3n) is 2.91. The van der Waals surface area contributed by atoms with Crippen LogP contribution < -0.4 is 10.6 Å². The zero-order chi connectivity index (χ0) is 16.0. The summed E-state index contributed by atoms with van der Waals surface area (Å²) in [6.45, 7) is 9.85. The normalized spacial score (nSPS) is 12.3. The summed E-state index contributed by atoms with van der Waals surface area (Å²) in [5.74, 6) is 0.822. The highest BCUT2D eigenvalue weighted by atomic mass is 15.3. The van der Waals surface area contributed by atoms with Gasteiger partial charge in [-0.15, -0.1) is 0 Å². The molecule has 0 radical (unpaired) electrons. The zero-order valence-electron chi connectivity index (χ0n) is 13.8. The second kappa shape index (κ2) is 7.11. The molecule has 0 spiro atoms. The summed E-state index contributed by atoms with van der Waals surface area (Å²) in [7, 11) is 0. The van der Waals surface area contributed by atoms with E-state index in [2.05, 4.69) is 48.4 Å². The van der Waals surface area contributed by atoms with Crippen molar-refractivity contribution in [3.05, 3.63) is 48.3 Å². The summed E-state index contributed by atoms with van der Waals surface area (Å²) in [5.41, 5.74) is 2.11. The van der Waals surface area contributed by atoms with Gasteiger partial charge in [0.1, 0.15) is 0 Å². The number of hydrogen-bond donors (Lipinski definition) is 2. The molecule has 2 rings (SSSR count). The van der Waals surface area contributed by atoms with Gasteiger partial charge >= 0.3 is 0 Å². The molecule has 22 heavy (non-hydrogen) atoms. The number of nitrogens with zero attached hydrogens (tertiary/aromatic N) is 3. The molecule has 0 amide bonds. The number of guanidine groups is 1. The van der Waals surface area contributed by atoms with Crippen molar-refractivity contribution in [2.45, 2.75) is 39.8 Å². The molecule has 2 aromatic rings. The molecule has 0 saturated heterocycles. The van der Waals surface area contributed by atoms with E-state index in [4.69, 9.17) is 0 Å². The van der Waals surface area contributed by atoms with Gasteiger partial charge in [0.15, 0.2) is 5.96 Å². The van der Waals surface area contributed by atoms with Crippen molar-refractivity contribution in [3.63, 3.8) is 0 Å². The first-order valence-electron chi connectivity index (χ1n) is 7.63. The molecular weight excluding hydrogens is 274 g/mol. The minimum atomic E-state index is -0.0186. The van der Waals surface area contributed by atoms with E-state index in [0.717, 1.165) is 23.8 Å². The van der Waals surface area contributed by atoms with Gasteiger partial charge in [0.25, 0.3) is 0 Å². The summed E-state index contributed by atoms with van der Waals surface area (Å²) >= 11 is 0. The molecule has 0 fully saturated rings. The molecule has 2 N–H and O–H groups in total. The maximum Gasteiger partial charge on any atom is 0.191 e. The molecular formula is C17H25N5. The number of aliphatic imine (C=N–C) groups is 1. The van der Waals surface area contributed by atoms with Gasteiger partial charge in [0.05, 0.1) is 18.4 Å². The van der Waals surface area contributed by atoms with Crippen molar-refractivity contribution in [1.29, 1.82) is 0 Å². The Kier molecular flexibility index (Phi) is 5.20. The third kappa shape index (κ3) is 4.91. The molecule has 0 aliphatic heterocycles. The van der Waals surface area contributed by atoms with E-state index < -0.39 is 0 Å². The Morgan fingerprint density at radius 1 is 1.23 bits per heavy atom. The lowest BCUT2D eigenvalue weighted by atomic mass is 10.1. The highest BCUT2D eigenvalue weighted by molar-refractivity contribution is 5.80. The van der Waals surface area contributed by atoms with Crippen molar-refractivity contribution < 1.29 is 0 Å². The molecule has 0 atom stereocenters. The fraction of sp³-hybridized carbons (Fsp3) is 0.412. The predicted molar refractivity (Wildman–Crippen MR) is 91.3 cm³/mol. The topological polar surface area (TPSA) is 54.2 Å². The Bertz CT molecular complexity index is 607. The van der Waals surface area contributed by atoms with E-state index in [1.807, 2.05) is 47.4 Å². The van der Waals surface area contributed by atoms with Crippen molar-refractivity contribution in [1.82, 2.24) is 20.4 Å². The van der Waals surface area contributed by atoms with Crippen LogP contribution >= 0.6 is 0 Å². The monoisotopic (exact) mass is 299 g/mol. The lowest BCUT2D eigenvalue weighted by Crippen LogP contribution is -2.47. The van der Waals surface area contributed by atoms with Crippen LogP contribution in [0.4, 0.5) is 0 Å². The fourth-order valence-electron chi connectivity index (χ4n) is 2.00. The van der Waals surface area contributed by atoms with E-state index >= 15 is 0 Å². The van der Waals surface area contributed by atoms with Gasteiger partial charge in [-0.25, -0.2) is 9.67 Å². The summed E-state index contributed by atoms with van der Waals surface area (Å²) < 4.78 is 1.87. The van der Waals surface area contributed by atoms with Gasteiger partial charge in [-0.05, 0) is 39.8 Å². The van der Waals surface area contributed by atoms with Gasteiger partial charge in [-0.2, -0.15) is 5.10 Å². The molecule has 0 unspecified atom stereocenters. The van der Waals surface area contributed by atoms with E-state index in [1.165, 1.54) is 0 Å². The van der Waals surface area contributed by atoms with Gasteiger partial charge in [0.2, 0.25) is 0 Å². The van der Waals surface area contributed by atoms with Crippen LogP contribution in [0.3, 0.4) is 0 Å². The van der Waals surface area contributed by atoms with E-state index in [1.54, 1.807) is 0 Å². The SMILES string of the molecule is CCNC(=NCc1cnn(-c2ccccc2)c1)NC(C)(C)C. The van der Waals surface area contributed by atoms with Gasteiger partial charge in [0, 0.05) is 23.8 Å². The van der Waals surface area contributed by atoms with Crippen LogP contribution in [0.2, 0.25) is 0 Å². The lowest BCUT2D eigenvalue weighted by molar-refractivity contribution is 0.501. The molecule has 0 aliphatic carbocycles. The average molecular weight is 299 g/mol. The van der Waals surface area contributed by atoms with Crippen LogP contribution in [0.25, 0.3) is 5.69 Å². The quantitative estimate of drug-likeness (QED) is 0.674. The molecule has 1 heterocycles. The summed E-state index contributed by atoms with van der Waals surface area (Å²) in [4.78, 5) is 4.62. The Morgan fingerprint density at radius 3 is 2.59 bits per heavy atom. The Balaban J connectivity index is 2.06. The third-order valence-corrected chi connectivity index (χ3v) is 2.91. The van der Waals surface area contributed by atoms with Crippen molar-refractivity contribution in [3.8, 4) is 5.69 Å². The molecule has 1 aromatic carbocycles. The number of hydrogen-bond acceptors (Lipinski definition) is 2. The number of rotatable bonds is 4. The van der Waals surface area contributed by atoms with Crippen molar-refractivity contribution in [2.24, 2.45) is 4.99 Å². The molecule has 0 aliphatic rings. The van der Waals surface area contributed by atoms with Crippen LogP contribution in [-0.4, -0.2) is 27.8 Å². The number of benzene rings is 1. The molecule has 5 heteroatoms. The minimum Gasteiger partial charge on any atom is -0.357 e. The number of aromatic nitrogens is 2. The maximum absolute atomic E-state index is 4.62. The summed E-state index contributed by atoms with van der Waals surface area (Å²) in [6.07, 6.45) is 3.87. The van der Waals surface area contributed by atoms with Gasteiger partial charge < -0.3 is 10.6 Å². The van der Waals surface area contributed by atoms with Crippen LogP contribution in [0.1, 0.15) is 33.3 Å². The van der Waals surface area contributed by atoms with E-state index in [-0.39, 0.29) is 5.54 Å². The van der Waals surface area contributed by atoms with E-state index in [9.17, 15) is 0 Å². The minimum absolute atomic E-state index is 0.0186. The highest BCUT2D eigenvalue weighted by Gasteiger charge is 2.11. The molecule has 1 aromatic heterocycles. The second-order valence-corrected chi connectivity index (χ2v) is 6.20. The highest BCUT2D eigenvalue weighted by Crippen LogP contribution is 2.08. The maximum atomic E-state index is 4.62. The average Bonchev–Trinajstić information content (AvgIpc) is 2.93. The smallest absolute Gasteiger partial charge is 0.191 e. The first kappa shape index (κ1) is 16.1. The fourth-order valence-corrected chi connectivity index (χ4v) is 2.00. The van der Waals surface area contributed by atoms with Gasteiger partial charge in [-0.3, -0.25) is 0 Å². The first-order chi connectivity index (χ1) is 10.5. The summed E-state index contributed by atoms with van der Waals surface area (Å²) in [6, 6.07) is 10.1. The largest absolute Gasteiger partial charge is 0.357 e. The van der Waals surface area contributed by atoms with Crippen molar-refractivity contribution >= 4 is 5.96 Å².